The van der Waals surface area contributed by atoms with Gasteiger partial charge in [0.1, 0.15) is 17.2 Å². The minimum Gasteiger partial charge on any atom is -0.503 e. The molecule has 3 atom stereocenters. The molecule has 0 fully saturated rings. The van der Waals surface area contributed by atoms with Crippen LogP contribution in [0.1, 0.15) is 39.4 Å². The number of carbonyl (C=O) groups excluding carboxylic acids is 2. The van der Waals surface area contributed by atoms with Crippen molar-refractivity contribution in [2.75, 3.05) is 13.7 Å². The lowest BCUT2D eigenvalue weighted by atomic mass is 10.0. The summed E-state index contributed by atoms with van der Waals surface area (Å²) in [5.41, 5.74) is -1.84. The molecule has 2 aliphatic heterocycles. The van der Waals surface area contributed by atoms with Crippen molar-refractivity contribution in [3.8, 4) is 5.75 Å². The number of rotatable bonds is 3. The summed E-state index contributed by atoms with van der Waals surface area (Å²) in [4.78, 5) is 39.5. The molecule has 2 aliphatic rings. The second kappa shape index (κ2) is 9.51. The van der Waals surface area contributed by atoms with Gasteiger partial charge >= 0.3 is 0 Å². The fourth-order valence-electron chi connectivity index (χ4n) is 3.83. The number of aliphatic hydroxyl groups excluding tert-OH is 2. The first-order valence-corrected chi connectivity index (χ1v) is 10.0. The Morgan fingerprint density at radius 3 is 2.58 bits per heavy atom. The third-order valence-corrected chi connectivity index (χ3v) is 5.59. The summed E-state index contributed by atoms with van der Waals surface area (Å²) in [6.07, 6.45) is 3.25. The van der Waals surface area contributed by atoms with Crippen molar-refractivity contribution < 1.29 is 33.7 Å². The number of aromatic nitrogens is 1. The average molecular weight is 463 g/mol. The van der Waals surface area contributed by atoms with Crippen LogP contribution < -0.4 is 10.7 Å². The van der Waals surface area contributed by atoms with Crippen molar-refractivity contribution in [2.24, 2.45) is 0 Å². The number of aliphatic hydroxyl groups is 2. The van der Waals surface area contributed by atoms with E-state index < -0.39 is 52.3 Å². The van der Waals surface area contributed by atoms with Gasteiger partial charge in [-0.05, 0) is 13.0 Å². The Hall–Kier alpha value is -3.57. The molecule has 1 aromatic carbocycles. The van der Waals surface area contributed by atoms with Crippen LogP contribution >= 0.6 is 0 Å². The van der Waals surface area contributed by atoms with Gasteiger partial charge in [-0.3, -0.25) is 14.4 Å². The molecule has 2 aromatic rings. The molecule has 176 valence electrons. The summed E-state index contributed by atoms with van der Waals surface area (Å²) in [7, 11) is 1.00. The van der Waals surface area contributed by atoms with E-state index in [2.05, 4.69) is 5.32 Å². The van der Waals surface area contributed by atoms with E-state index in [4.69, 9.17) is 5.11 Å². The first-order chi connectivity index (χ1) is 15.7. The fraction of sp³-hybridized carbons (Fsp3) is 0.318. The third kappa shape index (κ3) is 4.37. The van der Waals surface area contributed by atoms with Crippen molar-refractivity contribution >= 4 is 11.8 Å². The van der Waals surface area contributed by atoms with Gasteiger partial charge < -0.3 is 30.1 Å². The molecule has 2 amide bonds. The Kier molecular flexibility index (Phi) is 6.94. The summed E-state index contributed by atoms with van der Waals surface area (Å²) in [5, 5.41) is 30.3. The maximum atomic E-state index is 13.8. The van der Waals surface area contributed by atoms with E-state index >= 15 is 0 Å². The number of fused-ring (bicyclic) bond motifs is 4. The van der Waals surface area contributed by atoms with Crippen LogP contribution in [0, 0.1) is 11.6 Å². The Balaban J connectivity index is 0.00000149. The highest BCUT2D eigenvalue weighted by Crippen LogP contribution is 2.32. The number of carbonyl (C=O) groups is 2. The molecule has 0 saturated carbocycles. The van der Waals surface area contributed by atoms with Crippen molar-refractivity contribution in [2.45, 2.75) is 31.7 Å². The van der Waals surface area contributed by atoms with Crippen LogP contribution in [0.2, 0.25) is 0 Å². The molecular weight excluding hydrogens is 440 g/mol. The highest BCUT2D eigenvalue weighted by molar-refractivity contribution is 5.99. The molecule has 1 aromatic heterocycles. The molecule has 0 aliphatic carbocycles. The van der Waals surface area contributed by atoms with Crippen LogP contribution in [0.15, 0.2) is 41.3 Å². The number of halogens is 2. The molecule has 0 saturated heterocycles. The zero-order valence-corrected chi connectivity index (χ0v) is 17.8. The predicted molar refractivity (Wildman–Crippen MR) is 113 cm³/mol. The van der Waals surface area contributed by atoms with Crippen LogP contribution in [-0.4, -0.2) is 62.4 Å². The van der Waals surface area contributed by atoms with E-state index in [0.717, 1.165) is 25.4 Å². The van der Waals surface area contributed by atoms with Crippen molar-refractivity contribution in [1.29, 1.82) is 0 Å². The average Bonchev–Trinajstić information content (AvgIpc) is 2.92. The number of hydrogen-bond donors (Lipinski definition) is 4. The molecule has 2 bridgehead atoms. The fourth-order valence-corrected chi connectivity index (χ4v) is 3.83. The lowest BCUT2D eigenvalue weighted by Gasteiger charge is -2.38. The van der Waals surface area contributed by atoms with E-state index in [-0.39, 0.29) is 30.4 Å². The predicted octanol–water partition coefficient (Wildman–Crippen LogP) is 0.687. The number of amides is 2. The van der Waals surface area contributed by atoms with Gasteiger partial charge in [-0.2, -0.15) is 0 Å². The lowest BCUT2D eigenvalue weighted by molar-refractivity contribution is 0.0534. The van der Waals surface area contributed by atoms with Gasteiger partial charge in [-0.15, -0.1) is 0 Å². The van der Waals surface area contributed by atoms with Crippen LogP contribution in [0.4, 0.5) is 8.78 Å². The lowest BCUT2D eigenvalue weighted by Crippen LogP contribution is -2.49. The van der Waals surface area contributed by atoms with Crippen LogP contribution in [-0.2, 0) is 6.54 Å². The zero-order valence-electron chi connectivity index (χ0n) is 17.8. The van der Waals surface area contributed by atoms with Gasteiger partial charge in [-0.25, -0.2) is 8.78 Å². The highest BCUT2D eigenvalue weighted by Gasteiger charge is 2.40. The van der Waals surface area contributed by atoms with Gasteiger partial charge in [0.25, 0.3) is 11.8 Å². The van der Waals surface area contributed by atoms with E-state index in [1.54, 1.807) is 13.0 Å². The van der Waals surface area contributed by atoms with Crippen LogP contribution in [0.25, 0.3) is 0 Å². The number of aromatic hydroxyl groups is 1. The van der Waals surface area contributed by atoms with Crippen molar-refractivity contribution in [3.63, 3.8) is 0 Å². The largest absolute Gasteiger partial charge is 0.503 e. The van der Waals surface area contributed by atoms with E-state index in [9.17, 15) is 33.4 Å². The molecule has 11 heteroatoms. The maximum absolute atomic E-state index is 13.8. The molecular formula is C22H23F2N3O6. The topological polar surface area (TPSA) is 132 Å². The summed E-state index contributed by atoms with van der Waals surface area (Å²) in [6, 6.07) is 1.78. The minimum atomic E-state index is -1.06. The summed E-state index contributed by atoms with van der Waals surface area (Å²) in [5.74, 6) is -4.05. The highest BCUT2D eigenvalue weighted by atomic mass is 19.1. The molecule has 4 rings (SSSR count). The summed E-state index contributed by atoms with van der Waals surface area (Å²) in [6.45, 7) is 1.53. The number of nitrogens with zero attached hydrogens (tertiary/aromatic N) is 2. The van der Waals surface area contributed by atoms with Crippen molar-refractivity contribution in [3.05, 3.63) is 75.2 Å². The van der Waals surface area contributed by atoms with E-state index in [0.29, 0.717) is 6.07 Å². The standard InChI is InChI=1S/C21H19F2N3O5.CH4O/c1-10-2-5-16(27)15-9-25(10)21(31)17-19(29)18(28)13(8-26(15)17)20(30)24-7-11-3-4-12(22)6-14(11)23;1-2/h2-6,8,10,15-16,27,29H,7,9H2,1H3,(H,24,30);2H,1H3. The third-order valence-electron chi connectivity index (χ3n) is 5.59. The molecule has 4 N–H and O–H groups in total. The SMILES string of the molecule is CC1C=CC(O)C2CN1C(=O)c1c(O)c(=O)c(C(=O)NCc3ccc(F)cc3F)cn12.CO. The molecule has 3 unspecified atom stereocenters. The normalized spacial score (nSPS) is 21.0. The monoisotopic (exact) mass is 463 g/mol. The Bertz CT molecular complexity index is 1180. The smallest absolute Gasteiger partial charge is 0.275 e. The van der Waals surface area contributed by atoms with Gasteiger partial charge in [0.2, 0.25) is 5.43 Å². The van der Waals surface area contributed by atoms with E-state index in [1.165, 1.54) is 15.5 Å². The summed E-state index contributed by atoms with van der Waals surface area (Å²) >= 11 is 0. The van der Waals surface area contributed by atoms with Gasteiger partial charge in [0.15, 0.2) is 11.4 Å². The zero-order chi connectivity index (χ0) is 24.4. The number of hydrogen-bond acceptors (Lipinski definition) is 6. The number of nitrogens with one attached hydrogen (secondary N) is 1. The first kappa shape index (κ1) is 24.1. The molecule has 0 radical (unpaired) electrons. The first-order valence-electron chi connectivity index (χ1n) is 10.0. The van der Waals surface area contributed by atoms with Crippen molar-refractivity contribution in [1.82, 2.24) is 14.8 Å². The quantitative estimate of drug-likeness (QED) is 0.495. The second-order valence-corrected chi connectivity index (χ2v) is 7.54. The van der Waals surface area contributed by atoms with Gasteiger partial charge in [-0.1, -0.05) is 18.2 Å². The second-order valence-electron chi connectivity index (χ2n) is 7.54. The van der Waals surface area contributed by atoms with E-state index in [1.807, 2.05) is 0 Å². The molecule has 9 nitrogen and oxygen atoms in total. The van der Waals surface area contributed by atoms with Crippen LogP contribution in [0.5, 0.6) is 5.75 Å². The molecule has 33 heavy (non-hydrogen) atoms. The molecule has 0 spiro atoms. The molecule has 3 heterocycles. The Morgan fingerprint density at radius 1 is 1.21 bits per heavy atom. The van der Waals surface area contributed by atoms with Gasteiger partial charge in [0.05, 0.1) is 12.1 Å². The number of benzene rings is 1. The number of pyridine rings is 1. The Morgan fingerprint density at radius 2 is 1.91 bits per heavy atom. The summed E-state index contributed by atoms with van der Waals surface area (Å²) < 4.78 is 28.1. The minimum absolute atomic E-state index is 0.00108. The maximum Gasteiger partial charge on any atom is 0.275 e. The van der Waals surface area contributed by atoms with Crippen LogP contribution in [0.3, 0.4) is 0 Å². The van der Waals surface area contributed by atoms with Gasteiger partial charge in [0, 0.05) is 44.1 Å². The Labute approximate surface area is 187 Å².